The van der Waals surface area contributed by atoms with Crippen molar-refractivity contribution in [3.05, 3.63) is 59.8 Å². The van der Waals surface area contributed by atoms with Crippen molar-refractivity contribution in [2.45, 2.75) is 38.7 Å². The van der Waals surface area contributed by atoms with Crippen LogP contribution in [0.5, 0.6) is 0 Å². The summed E-state index contributed by atoms with van der Waals surface area (Å²) in [5, 5.41) is 0.162. The lowest BCUT2D eigenvalue weighted by Gasteiger charge is -2.19. The highest BCUT2D eigenvalue weighted by Gasteiger charge is 2.44. The molecule has 0 N–H and O–H groups in total. The first-order valence-corrected chi connectivity index (χ1v) is 12.2. The summed E-state index contributed by atoms with van der Waals surface area (Å²) in [6.45, 7) is 4.02. The zero-order chi connectivity index (χ0) is 24.8. The van der Waals surface area contributed by atoms with Crippen LogP contribution in [-0.2, 0) is 22.6 Å². The van der Waals surface area contributed by atoms with Crippen LogP contribution in [0.1, 0.15) is 30.9 Å². The third-order valence-corrected chi connectivity index (χ3v) is 6.20. The zero-order valence-electron chi connectivity index (χ0n) is 18.1. The fraction of sp³-hybridized carbons (Fsp3) is 0.391. The average molecular weight is 491 g/mol. The molecule has 1 atom stereocenters. The minimum atomic E-state index is -4.82. The number of nitrogens with zero attached hydrogens (tertiary/aromatic N) is 1. The van der Waals surface area contributed by atoms with Crippen LogP contribution in [0.25, 0.3) is 22.0 Å². The summed E-state index contributed by atoms with van der Waals surface area (Å²) in [6, 6.07) is 9.09. The van der Waals surface area contributed by atoms with E-state index in [0.29, 0.717) is 12.1 Å². The van der Waals surface area contributed by atoms with E-state index < -0.39 is 39.4 Å². The van der Waals surface area contributed by atoms with Crippen molar-refractivity contribution in [1.82, 2.24) is 4.57 Å². The van der Waals surface area contributed by atoms with Crippen molar-refractivity contribution in [2.75, 3.05) is 12.0 Å². The maximum atomic E-state index is 13.9. The standard InChI is InChI=1S/C23H23F6NO2S/c1-14(2)11-30-12-18(20(23(27,28)29)13-33(3,31)32)17-9-8-15(10-21(17)30)16-6-4-5-7-19(16)22(24,25)26/h4-10,12,14,20H,11,13H2,1-3H3. The van der Waals surface area contributed by atoms with Gasteiger partial charge in [-0.2, -0.15) is 26.3 Å². The normalized spacial score (nSPS) is 14.2. The largest absolute Gasteiger partial charge is 0.417 e. The van der Waals surface area contributed by atoms with Crippen LogP contribution in [0.3, 0.4) is 0 Å². The van der Waals surface area contributed by atoms with Crippen LogP contribution in [0, 0.1) is 5.92 Å². The number of halogens is 6. The Labute approximate surface area is 187 Å². The van der Waals surface area contributed by atoms with E-state index in [4.69, 9.17) is 0 Å². The van der Waals surface area contributed by atoms with Crippen molar-refractivity contribution >= 4 is 20.7 Å². The molecule has 0 bridgehead atoms. The first-order chi connectivity index (χ1) is 15.1. The molecule has 10 heteroatoms. The Morgan fingerprint density at radius 2 is 1.61 bits per heavy atom. The van der Waals surface area contributed by atoms with Gasteiger partial charge in [-0.25, -0.2) is 8.42 Å². The monoisotopic (exact) mass is 491 g/mol. The van der Waals surface area contributed by atoms with E-state index in [1.54, 1.807) is 4.57 Å². The van der Waals surface area contributed by atoms with Crippen molar-refractivity contribution in [2.24, 2.45) is 5.92 Å². The predicted molar refractivity (Wildman–Crippen MR) is 116 cm³/mol. The highest BCUT2D eigenvalue weighted by Crippen LogP contribution is 2.42. The Morgan fingerprint density at radius 3 is 2.15 bits per heavy atom. The fourth-order valence-electron chi connectivity index (χ4n) is 3.96. The number of rotatable bonds is 6. The van der Waals surface area contributed by atoms with Gasteiger partial charge in [-0.15, -0.1) is 0 Å². The summed E-state index contributed by atoms with van der Waals surface area (Å²) in [6.07, 6.45) is -7.41. The third kappa shape index (κ3) is 5.72. The Kier molecular flexibility index (Phi) is 6.63. The van der Waals surface area contributed by atoms with E-state index in [1.807, 2.05) is 13.8 Å². The Balaban J connectivity index is 2.27. The molecule has 0 radical (unpaired) electrons. The number of hydrogen-bond acceptors (Lipinski definition) is 2. The predicted octanol–water partition coefficient (Wildman–Crippen LogP) is 6.67. The van der Waals surface area contributed by atoms with Crippen LogP contribution in [-0.4, -0.2) is 31.2 Å². The molecule has 0 fully saturated rings. The molecule has 0 aliphatic carbocycles. The number of sulfone groups is 1. The third-order valence-electron chi connectivity index (χ3n) is 5.26. The van der Waals surface area contributed by atoms with E-state index >= 15 is 0 Å². The summed E-state index contributed by atoms with van der Waals surface area (Å²) in [5.41, 5.74) is -0.627. The molecule has 0 saturated heterocycles. The Bertz CT molecular complexity index is 1260. The van der Waals surface area contributed by atoms with Crippen molar-refractivity contribution in [1.29, 1.82) is 0 Å². The van der Waals surface area contributed by atoms with Crippen LogP contribution >= 0.6 is 0 Å². The Morgan fingerprint density at radius 1 is 0.970 bits per heavy atom. The van der Waals surface area contributed by atoms with E-state index in [2.05, 4.69) is 0 Å². The highest BCUT2D eigenvalue weighted by molar-refractivity contribution is 7.90. The number of aromatic nitrogens is 1. The topological polar surface area (TPSA) is 39.1 Å². The van der Waals surface area contributed by atoms with Crippen LogP contribution in [0.2, 0.25) is 0 Å². The van der Waals surface area contributed by atoms with E-state index in [1.165, 1.54) is 42.6 Å². The lowest BCUT2D eigenvalue weighted by atomic mass is 9.95. The summed E-state index contributed by atoms with van der Waals surface area (Å²) in [7, 11) is -3.96. The van der Waals surface area contributed by atoms with Gasteiger partial charge in [-0.3, -0.25) is 0 Å². The first-order valence-electron chi connectivity index (χ1n) is 10.1. The summed E-state index contributed by atoms with van der Waals surface area (Å²) in [4.78, 5) is 0. The smallest absolute Gasteiger partial charge is 0.347 e. The number of benzene rings is 2. The average Bonchev–Trinajstić information content (AvgIpc) is 3.00. The quantitative estimate of drug-likeness (QED) is 0.361. The second kappa shape index (κ2) is 8.70. The molecule has 1 unspecified atom stereocenters. The van der Waals surface area contributed by atoms with E-state index in [-0.39, 0.29) is 28.0 Å². The molecule has 0 saturated carbocycles. The molecule has 33 heavy (non-hydrogen) atoms. The molecule has 0 aliphatic rings. The molecule has 0 aliphatic heterocycles. The molecule has 1 aromatic heterocycles. The molecule has 180 valence electrons. The van der Waals surface area contributed by atoms with Crippen LogP contribution in [0.4, 0.5) is 26.3 Å². The zero-order valence-corrected chi connectivity index (χ0v) is 18.9. The first kappa shape index (κ1) is 25.1. The van der Waals surface area contributed by atoms with Gasteiger partial charge >= 0.3 is 12.4 Å². The van der Waals surface area contributed by atoms with Gasteiger partial charge in [0.2, 0.25) is 0 Å². The van der Waals surface area contributed by atoms with E-state index in [9.17, 15) is 34.8 Å². The van der Waals surface area contributed by atoms with Crippen molar-refractivity contribution in [3.8, 4) is 11.1 Å². The summed E-state index contributed by atoms with van der Waals surface area (Å²) in [5.74, 6) is -3.34. The van der Waals surface area contributed by atoms with Crippen LogP contribution < -0.4 is 0 Å². The van der Waals surface area contributed by atoms with E-state index in [0.717, 1.165) is 12.3 Å². The molecule has 3 aromatic rings. The fourth-order valence-corrected chi connectivity index (χ4v) is 4.93. The maximum Gasteiger partial charge on any atom is 0.417 e. The molecule has 2 aromatic carbocycles. The van der Waals surface area contributed by atoms with Crippen LogP contribution in [0.15, 0.2) is 48.7 Å². The molecular formula is C23H23F6NO2S. The van der Waals surface area contributed by atoms with Gasteiger partial charge in [0.15, 0.2) is 0 Å². The molecule has 3 nitrogen and oxygen atoms in total. The van der Waals surface area contributed by atoms with Gasteiger partial charge in [0.05, 0.1) is 17.2 Å². The van der Waals surface area contributed by atoms with Crippen molar-refractivity contribution < 1.29 is 34.8 Å². The number of hydrogen-bond donors (Lipinski definition) is 0. The van der Waals surface area contributed by atoms with Gasteiger partial charge in [-0.05, 0) is 34.7 Å². The molecule has 1 heterocycles. The van der Waals surface area contributed by atoms with Gasteiger partial charge in [-0.1, -0.05) is 44.2 Å². The lowest BCUT2D eigenvalue weighted by molar-refractivity contribution is -0.145. The molecule has 0 amide bonds. The molecular weight excluding hydrogens is 468 g/mol. The molecule has 3 rings (SSSR count). The van der Waals surface area contributed by atoms with Gasteiger partial charge in [0.1, 0.15) is 9.84 Å². The lowest BCUT2D eigenvalue weighted by Crippen LogP contribution is -2.27. The van der Waals surface area contributed by atoms with Gasteiger partial charge in [0.25, 0.3) is 0 Å². The second-order valence-electron chi connectivity index (χ2n) is 8.59. The SMILES string of the molecule is CC(C)Cn1cc(C(CS(C)(=O)=O)C(F)(F)F)c2ccc(-c3ccccc3C(F)(F)F)cc21. The van der Waals surface area contributed by atoms with Gasteiger partial charge in [0, 0.05) is 29.9 Å². The maximum absolute atomic E-state index is 13.9. The summed E-state index contributed by atoms with van der Waals surface area (Å²) < 4.78 is 107. The summed E-state index contributed by atoms with van der Waals surface area (Å²) >= 11 is 0. The van der Waals surface area contributed by atoms with Gasteiger partial charge < -0.3 is 4.57 Å². The molecule has 0 spiro atoms. The minimum absolute atomic E-state index is 0.0267. The minimum Gasteiger partial charge on any atom is -0.347 e. The Hall–Kier alpha value is -2.49. The van der Waals surface area contributed by atoms with Crippen molar-refractivity contribution in [3.63, 3.8) is 0 Å². The number of alkyl halides is 6. The highest BCUT2D eigenvalue weighted by atomic mass is 32.2. The number of fused-ring (bicyclic) bond motifs is 1. The second-order valence-corrected chi connectivity index (χ2v) is 10.8.